The summed E-state index contributed by atoms with van der Waals surface area (Å²) in [6, 6.07) is 7.21. The minimum Gasteiger partial charge on any atom is -0.488 e. The predicted octanol–water partition coefficient (Wildman–Crippen LogP) is 0.862. The van der Waals surface area contributed by atoms with Gasteiger partial charge in [-0.2, -0.15) is 0 Å². The fourth-order valence-electron chi connectivity index (χ4n) is 1.54. The van der Waals surface area contributed by atoms with Crippen LogP contribution in [0.5, 0.6) is 5.75 Å². The number of hydrogen-bond donors (Lipinski definition) is 2. The van der Waals surface area contributed by atoms with Crippen LogP contribution in [-0.2, 0) is 0 Å². The van der Waals surface area contributed by atoms with Crippen LogP contribution in [0.3, 0.4) is 0 Å². The Balaban J connectivity index is 2.43. The average Bonchev–Trinajstić information content (AvgIpc) is 2.15. The number of ether oxygens (including phenoxy) is 1. The number of aliphatic hydroxyl groups is 2. The smallest absolute Gasteiger partial charge is 0.125 e. The van der Waals surface area contributed by atoms with Crippen molar-refractivity contribution in [1.29, 1.82) is 0 Å². The van der Waals surface area contributed by atoms with E-state index in [4.69, 9.17) is 4.74 Å². The predicted molar refractivity (Wildman–Crippen MR) is 47.5 cm³/mol. The summed E-state index contributed by atoms with van der Waals surface area (Å²) in [6.07, 6.45) is -2.03. The Morgan fingerprint density at radius 3 is 2.69 bits per heavy atom. The van der Waals surface area contributed by atoms with Crippen LogP contribution in [0.15, 0.2) is 24.3 Å². The van der Waals surface area contributed by atoms with Crippen LogP contribution < -0.4 is 4.74 Å². The minimum absolute atomic E-state index is 0.357. The molecule has 3 heteroatoms. The van der Waals surface area contributed by atoms with E-state index in [2.05, 4.69) is 0 Å². The van der Waals surface area contributed by atoms with Crippen LogP contribution in [-0.4, -0.2) is 22.4 Å². The van der Waals surface area contributed by atoms with Gasteiger partial charge in [0.15, 0.2) is 0 Å². The van der Waals surface area contributed by atoms with Crippen molar-refractivity contribution >= 4 is 0 Å². The van der Waals surface area contributed by atoms with Crippen molar-refractivity contribution < 1.29 is 14.9 Å². The fraction of sp³-hybridized carbons (Fsp3) is 0.400. The SMILES string of the molecule is C[C@@H]1Oc2ccccc2[C@@H](O)[C@@H]1O. The summed E-state index contributed by atoms with van der Waals surface area (Å²) >= 11 is 0. The molecule has 0 aliphatic carbocycles. The molecule has 3 atom stereocenters. The second kappa shape index (κ2) is 3.01. The summed E-state index contributed by atoms with van der Waals surface area (Å²) in [5.74, 6) is 0.660. The van der Waals surface area contributed by atoms with Crippen molar-refractivity contribution in [2.75, 3.05) is 0 Å². The van der Waals surface area contributed by atoms with Crippen LogP contribution >= 0.6 is 0 Å². The molecule has 1 aromatic rings. The molecule has 0 fully saturated rings. The quantitative estimate of drug-likeness (QED) is 0.622. The van der Waals surface area contributed by atoms with E-state index in [1.165, 1.54) is 0 Å². The Morgan fingerprint density at radius 2 is 1.92 bits per heavy atom. The van der Waals surface area contributed by atoms with Gasteiger partial charge in [0.2, 0.25) is 0 Å². The van der Waals surface area contributed by atoms with Crippen molar-refractivity contribution in [3.63, 3.8) is 0 Å². The first-order valence-corrected chi connectivity index (χ1v) is 4.32. The molecule has 1 aliphatic heterocycles. The standard InChI is InChI=1S/C10H12O3/c1-6-9(11)10(12)7-4-2-3-5-8(7)13-6/h2-6,9-12H,1H3/t6-,9+,10+/m0/s1. The number of rotatable bonds is 0. The molecule has 0 radical (unpaired) electrons. The van der Waals surface area contributed by atoms with E-state index in [0.29, 0.717) is 11.3 Å². The molecule has 3 nitrogen and oxygen atoms in total. The molecule has 13 heavy (non-hydrogen) atoms. The number of hydrogen-bond acceptors (Lipinski definition) is 3. The highest BCUT2D eigenvalue weighted by Gasteiger charge is 2.32. The lowest BCUT2D eigenvalue weighted by Crippen LogP contribution is -2.38. The highest BCUT2D eigenvalue weighted by molar-refractivity contribution is 5.37. The van der Waals surface area contributed by atoms with Gasteiger partial charge in [0.1, 0.15) is 24.1 Å². The largest absolute Gasteiger partial charge is 0.488 e. The summed E-state index contributed by atoms with van der Waals surface area (Å²) in [4.78, 5) is 0. The van der Waals surface area contributed by atoms with E-state index in [1.54, 1.807) is 19.1 Å². The van der Waals surface area contributed by atoms with E-state index >= 15 is 0 Å². The van der Waals surface area contributed by atoms with Gasteiger partial charge in [-0.25, -0.2) is 0 Å². The molecule has 0 unspecified atom stereocenters. The van der Waals surface area contributed by atoms with Gasteiger partial charge in [0.25, 0.3) is 0 Å². The molecule has 0 aromatic heterocycles. The molecule has 2 N–H and O–H groups in total. The van der Waals surface area contributed by atoms with Crippen LogP contribution in [0.1, 0.15) is 18.6 Å². The molecule has 0 bridgehead atoms. The maximum atomic E-state index is 9.67. The van der Waals surface area contributed by atoms with Crippen molar-refractivity contribution in [3.8, 4) is 5.75 Å². The lowest BCUT2D eigenvalue weighted by molar-refractivity contribution is -0.0614. The van der Waals surface area contributed by atoms with Crippen molar-refractivity contribution in [1.82, 2.24) is 0 Å². The fourth-order valence-corrected chi connectivity index (χ4v) is 1.54. The highest BCUT2D eigenvalue weighted by Crippen LogP contribution is 2.34. The Kier molecular flexibility index (Phi) is 1.98. The number of para-hydroxylation sites is 1. The van der Waals surface area contributed by atoms with Gasteiger partial charge in [-0.15, -0.1) is 0 Å². The van der Waals surface area contributed by atoms with Crippen LogP contribution in [0.2, 0.25) is 0 Å². The second-order valence-electron chi connectivity index (χ2n) is 3.30. The molecule has 1 heterocycles. The van der Waals surface area contributed by atoms with Gasteiger partial charge in [-0.3, -0.25) is 0 Å². The first-order chi connectivity index (χ1) is 6.20. The Bertz CT molecular complexity index is 311. The lowest BCUT2D eigenvalue weighted by atomic mass is 9.97. The summed E-state index contributed by atoms with van der Waals surface area (Å²) in [5.41, 5.74) is 0.660. The second-order valence-corrected chi connectivity index (χ2v) is 3.30. The van der Waals surface area contributed by atoms with Crippen LogP contribution in [0.4, 0.5) is 0 Å². The molecular weight excluding hydrogens is 168 g/mol. The maximum absolute atomic E-state index is 9.67. The van der Waals surface area contributed by atoms with Crippen LogP contribution in [0.25, 0.3) is 0 Å². The summed E-state index contributed by atoms with van der Waals surface area (Å²) in [7, 11) is 0. The third-order valence-electron chi connectivity index (χ3n) is 2.35. The molecular formula is C10H12O3. The number of benzene rings is 1. The molecule has 1 aliphatic rings. The average molecular weight is 180 g/mol. The van der Waals surface area contributed by atoms with Crippen molar-refractivity contribution in [3.05, 3.63) is 29.8 Å². The van der Waals surface area contributed by atoms with Gasteiger partial charge in [-0.1, -0.05) is 18.2 Å². The zero-order valence-electron chi connectivity index (χ0n) is 7.34. The minimum atomic E-state index is -0.838. The van der Waals surface area contributed by atoms with Crippen LogP contribution in [0, 0.1) is 0 Å². The molecule has 0 saturated heterocycles. The molecule has 0 spiro atoms. The normalized spacial score (nSPS) is 32.1. The maximum Gasteiger partial charge on any atom is 0.125 e. The van der Waals surface area contributed by atoms with E-state index in [1.807, 2.05) is 12.1 Å². The Labute approximate surface area is 76.6 Å². The van der Waals surface area contributed by atoms with Gasteiger partial charge in [-0.05, 0) is 13.0 Å². The van der Waals surface area contributed by atoms with Gasteiger partial charge in [0.05, 0.1) is 0 Å². The first kappa shape index (κ1) is 8.53. The molecule has 0 saturated carbocycles. The van der Waals surface area contributed by atoms with Crippen molar-refractivity contribution in [2.24, 2.45) is 0 Å². The first-order valence-electron chi connectivity index (χ1n) is 4.32. The van der Waals surface area contributed by atoms with Crippen molar-refractivity contribution in [2.45, 2.75) is 25.2 Å². The van der Waals surface area contributed by atoms with Gasteiger partial charge >= 0.3 is 0 Å². The van der Waals surface area contributed by atoms with Gasteiger partial charge < -0.3 is 14.9 Å². The zero-order chi connectivity index (χ0) is 9.42. The highest BCUT2D eigenvalue weighted by atomic mass is 16.5. The summed E-state index contributed by atoms with van der Waals surface area (Å²) in [5, 5.41) is 19.2. The number of aliphatic hydroxyl groups excluding tert-OH is 2. The zero-order valence-corrected chi connectivity index (χ0v) is 7.34. The monoisotopic (exact) mass is 180 g/mol. The Morgan fingerprint density at radius 1 is 1.23 bits per heavy atom. The Hall–Kier alpha value is -1.06. The lowest BCUT2D eigenvalue weighted by Gasteiger charge is -2.31. The molecule has 70 valence electrons. The van der Waals surface area contributed by atoms with E-state index in [9.17, 15) is 10.2 Å². The topological polar surface area (TPSA) is 49.7 Å². The third-order valence-corrected chi connectivity index (χ3v) is 2.35. The summed E-state index contributed by atoms with van der Waals surface area (Å²) < 4.78 is 5.40. The number of fused-ring (bicyclic) bond motifs is 1. The molecule has 2 rings (SSSR count). The van der Waals surface area contributed by atoms with E-state index < -0.39 is 12.2 Å². The third kappa shape index (κ3) is 1.30. The van der Waals surface area contributed by atoms with E-state index in [0.717, 1.165) is 0 Å². The summed E-state index contributed by atoms with van der Waals surface area (Å²) in [6.45, 7) is 1.74. The molecule has 0 amide bonds. The molecule has 1 aromatic carbocycles. The van der Waals surface area contributed by atoms with E-state index in [-0.39, 0.29) is 6.10 Å². The van der Waals surface area contributed by atoms with Gasteiger partial charge in [0, 0.05) is 5.56 Å².